The molecule has 1 unspecified atom stereocenters. The van der Waals surface area contributed by atoms with Gasteiger partial charge in [0.15, 0.2) is 0 Å². The highest BCUT2D eigenvalue weighted by Crippen LogP contribution is 2.26. The van der Waals surface area contributed by atoms with Crippen LogP contribution in [0.5, 0.6) is 0 Å². The topological polar surface area (TPSA) is 58.4 Å². The Kier molecular flexibility index (Phi) is 5.83. The summed E-state index contributed by atoms with van der Waals surface area (Å²) in [6, 6.07) is 8.09. The van der Waals surface area contributed by atoms with Gasteiger partial charge >= 0.3 is 0 Å². The standard InChI is InChI=1S/C15H22ClN3O/c16-13-5-3-4-12(10-13)14(19-8-1-2-9-19)11-18-15(20)6-7-17/h3-5,10,14H,1-2,6-9,11,17H2,(H,18,20). The lowest BCUT2D eigenvalue weighted by atomic mass is 10.1. The normalized spacial score (nSPS) is 17.1. The van der Waals surface area contributed by atoms with E-state index in [0.717, 1.165) is 23.7 Å². The summed E-state index contributed by atoms with van der Waals surface area (Å²) in [5.74, 6) is 0.0127. The number of likely N-dealkylation sites (tertiary alicyclic amines) is 1. The quantitative estimate of drug-likeness (QED) is 0.843. The molecule has 20 heavy (non-hydrogen) atoms. The molecule has 1 heterocycles. The smallest absolute Gasteiger partial charge is 0.221 e. The van der Waals surface area contributed by atoms with Gasteiger partial charge in [-0.3, -0.25) is 9.69 Å². The van der Waals surface area contributed by atoms with E-state index in [2.05, 4.69) is 16.3 Å². The van der Waals surface area contributed by atoms with Gasteiger partial charge in [-0.05, 0) is 43.6 Å². The lowest BCUT2D eigenvalue weighted by Crippen LogP contribution is -2.37. The Morgan fingerprint density at radius 3 is 2.80 bits per heavy atom. The predicted octanol–water partition coefficient (Wildman–Crippen LogP) is 1.94. The molecule has 110 valence electrons. The summed E-state index contributed by atoms with van der Waals surface area (Å²) < 4.78 is 0. The van der Waals surface area contributed by atoms with Gasteiger partial charge in [0.2, 0.25) is 5.91 Å². The van der Waals surface area contributed by atoms with Crippen molar-refractivity contribution in [1.82, 2.24) is 10.2 Å². The lowest BCUT2D eigenvalue weighted by Gasteiger charge is -2.28. The van der Waals surface area contributed by atoms with Crippen LogP contribution >= 0.6 is 11.6 Å². The summed E-state index contributed by atoms with van der Waals surface area (Å²) in [5.41, 5.74) is 6.56. The second-order valence-electron chi connectivity index (χ2n) is 5.16. The fourth-order valence-electron chi connectivity index (χ4n) is 2.65. The van der Waals surface area contributed by atoms with E-state index in [0.29, 0.717) is 19.5 Å². The highest BCUT2D eigenvalue weighted by molar-refractivity contribution is 6.30. The third-order valence-electron chi connectivity index (χ3n) is 3.68. The average molecular weight is 296 g/mol. The molecule has 0 bridgehead atoms. The van der Waals surface area contributed by atoms with Crippen LogP contribution in [0.3, 0.4) is 0 Å². The zero-order valence-corrected chi connectivity index (χ0v) is 12.4. The molecule has 1 atom stereocenters. The molecule has 1 aliphatic rings. The maximum Gasteiger partial charge on any atom is 0.221 e. The van der Waals surface area contributed by atoms with E-state index in [1.54, 1.807) is 0 Å². The molecule has 1 fully saturated rings. The van der Waals surface area contributed by atoms with Gasteiger partial charge in [0.05, 0.1) is 6.04 Å². The van der Waals surface area contributed by atoms with Crippen molar-refractivity contribution >= 4 is 17.5 Å². The van der Waals surface area contributed by atoms with Crippen molar-refractivity contribution in [1.29, 1.82) is 0 Å². The van der Waals surface area contributed by atoms with Gasteiger partial charge in [-0.15, -0.1) is 0 Å². The Labute approximate surface area is 125 Å². The van der Waals surface area contributed by atoms with E-state index < -0.39 is 0 Å². The summed E-state index contributed by atoms with van der Waals surface area (Å²) >= 11 is 6.09. The first kappa shape index (κ1) is 15.3. The van der Waals surface area contributed by atoms with Gasteiger partial charge < -0.3 is 11.1 Å². The number of amides is 1. The number of nitrogens with zero attached hydrogens (tertiary/aromatic N) is 1. The molecule has 2 rings (SSSR count). The number of hydrogen-bond acceptors (Lipinski definition) is 3. The van der Waals surface area contributed by atoms with E-state index in [1.807, 2.05) is 18.2 Å². The van der Waals surface area contributed by atoms with Crippen molar-refractivity contribution in [3.8, 4) is 0 Å². The summed E-state index contributed by atoms with van der Waals surface area (Å²) in [7, 11) is 0. The van der Waals surface area contributed by atoms with E-state index in [4.69, 9.17) is 17.3 Å². The van der Waals surface area contributed by atoms with Crippen LogP contribution in [-0.4, -0.2) is 37.0 Å². The molecular weight excluding hydrogens is 274 g/mol. The van der Waals surface area contributed by atoms with E-state index in [-0.39, 0.29) is 11.9 Å². The maximum atomic E-state index is 11.6. The number of carbonyl (C=O) groups is 1. The second-order valence-corrected chi connectivity index (χ2v) is 5.59. The fourth-order valence-corrected chi connectivity index (χ4v) is 2.85. The third kappa shape index (κ3) is 4.20. The molecule has 0 saturated carbocycles. The van der Waals surface area contributed by atoms with Crippen molar-refractivity contribution in [3.05, 3.63) is 34.9 Å². The minimum Gasteiger partial charge on any atom is -0.354 e. The van der Waals surface area contributed by atoms with Crippen LogP contribution < -0.4 is 11.1 Å². The van der Waals surface area contributed by atoms with Crippen LogP contribution in [0.1, 0.15) is 30.9 Å². The second kappa shape index (κ2) is 7.62. The molecule has 1 aromatic carbocycles. The van der Waals surface area contributed by atoms with Gasteiger partial charge in [0, 0.05) is 24.5 Å². The highest BCUT2D eigenvalue weighted by Gasteiger charge is 2.23. The maximum absolute atomic E-state index is 11.6. The van der Waals surface area contributed by atoms with Crippen LogP contribution in [0.4, 0.5) is 0 Å². The molecule has 1 aromatic rings. The molecule has 0 radical (unpaired) electrons. The van der Waals surface area contributed by atoms with E-state index in [9.17, 15) is 4.79 Å². The molecular formula is C15H22ClN3O. The summed E-state index contributed by atoms with van der Waals surface area (Å²) in [5, 5.41) is 3.71. The minimum absolute atomic E-state index is 0.0127. The largest absolute Gasteiger partial charge is 0.354 e. The Morgan fingerprint density at radius 2 is 2.15 bits per heavy atom. The van der Waals surface area contributed by atoms with Crippen molar-refractivity contribution in [2.45, 2.75) is 25.3 Å². The van der Waals surface area contributed by atoms with Crippen LogP contribution in [0, 0.1) is 0 Å². The van der Waals surface area contributed by atoms with Crippen molar-refractivity contribution in [2.75, 3.05) is 26.2 Å². The average Bonchev–Trinajstić information content (AvgIpc) is 2.93. The van der Waals surface area contributed by atoms with Crippen molar-refractivity contribution in [2.24, 2.45) is 5.73 Å². The Morgan fingerprint density at radius 1 is 1.40 bits per heavy atom. The van der Waals surface area contributed by atoms with Gasteiger partial charge in [-0.1, -0.05) is 23.7 Å². The number of halogens is 1. The SMILES string of the molecule is NCCC(=O)NCC(c1cccc(Cl)c1)N1CCCC1. The van der Waals surface area contributed by atoms with Gasteiger partial charge in [-0.25, -0.2) is 0 Å². The first-order valence-corrected chi connectivity index (χ1v) is 7.55. The number of hydrogen-bond donors (Lipinski definition) is 2. The zero-order valence-electron chi connectivity index (χ0n) is 11.6. The number of nitrogens with one attached hydrogen (secondary N) is 1. The van der Waals surface area contributed by atoms with Crippen molar-refractivity contribution < 1.29 is 4.79 Å². The van der Waals surface area contributed by atoms with Crippen LogP contribution in [0.2, 0.25) is 5.02 Å². The summed E-state index contributed by atoms with van der Waals surface area (Å²) in [6.45, 7) is 3.14. The zero-order chi connectivity index (χ0) is 14.4. The van der Waals surface area contributed by atoms with E-state index >= 15 is 0 Å². The highest BCUT2D eigenvalue weighted by atomic mass is 35.5. The number of carbonyl (C=O) groups excluding carboxylic acids is 1. The first-order chi connectivity index (χ1) is 9.70. The lowest BCUT2D eigenvalue weighted by molar-refractivity contribution is -0.121. The summed E-state index contributed by atoms with van der Waals surface area (Å²) in [6.07, 6.45) is 2.81. The minimum atomic E-state index is 0.0127. The fraction of sp³-hybridized carbons (Fsp3) is 0.533. The molecule has 5 heteroatoms. The predicted molar refractivity (Wildman–Crippen MR) is 81.7 cm³/mol. The van der Waals surface area contributed by atoms with Crippen molar-refractivity contribution in [3.63, 3.8) is 0 Å². The van der Waals surface area contributed by atoms with Gasteiger partial charge in [-0.2, -0.15) is 0 Å². The Hall–Kier alpha value is -1.10. The first-order valence-electron chi connectivity index (χ1n) is 7.17. The number of nitrogens with two attached hydrogens (primary N) is 1. The molecule has 0 aromatic heterocycles. The molecule has 4 nitrogen and oxygen atoms in total. The summed E-state index contributed by atoms with van der Waals surface area (Å²) in [4.78, 5) is 14.0. The molecule has 1 aliphatic heterocycles. The Balaban J connectivity index is 2.06. The molecule has 0 spiro atoms. The van der Waals surface area contributed by atoms with Crippen LogP contribution in [0.25, 0.3) is 0 Å². The monoisotopic (exact) mass is 295 g/mol. The molecule has 1 saturated heterocycles. The van der Waals surface area contributed by atoms with E-state index in [1.165, 1.54) is 12.8 Å². The number of rotatable bonds is 6. The van der Waals surface area contributed by atoms with Gasteiger partial charge in [0.25, 0.3) is 0 Å². The molecule has 1 amide bonds. The number of benzene rings is 1. The molecule has 3 N–H and O–H groups in total. The van der Waals surface area contributed by atoms with Gasteiger partial charge in [0.1, 0.15) is 0 Å². The molecule has 0 aliphatic carbocycles. The third-order valence-corrected chi connectivity index (χ3v) is 3.91. The van der Waals surface area contributed by atoms with Crippen LogP contribution in [0.15, 0.2) is 24.3 Å². The Bertz CT molecular complexity index is 446. The van der Waals surface area contributed by atoms with Crippen LogP contribution in [-0.2, 0) is 4.79 Å².